The van der Waals surface area contributed by atoms with E-state index < -0.39 is 18.5 Å². The average molecular weight is 338 g/mol. The number of allylic oxidation sites excluding steroid dienone is 1. The monoisotopic (exact) mass is 338 g/mol. The van der Waals surface area contributed by atoms with E-state index in [9.17, 15) is 14.4 Å². The summed E-state index contributed by atoms with van der Waals surface area (Å²) in [4.78, 5) is 35.5. The Labute approximate surface area is 145 Å². The average Bonchev–Trinajstić information content (AvgIpc) is 2.61. The van der Waals surface area contributed by atoms with Crippen molar-refractivity contribution < 1.29 is 19.1 Å². The molecule has 2 rings (SSSR count). The van der Waals surface area contributed by atoms with Crippen LogP contribution in [0.15, 0.2) is 66.7 Å². The number of hydrogen-bond donors (Lipinski definition) is 2. The van der Waals surface area contributed by atoms with Gasteiger partial charge in [-0.3, -0.25) is 9.59 Å². The molecule has 2 amide bonds. The number of hydrogen-bond acceptors (Lipinski definition) is 4. The van der Waals surface area contributed by atoms with Gasteiger partial charge in [0, 0.05) is 11.8 Å². The molecule has 0 aliphatic carbocycles. The van der Waals surface area contributed by atoms with Crippen molar-refractivity contribution in [3.8, 4) is 0 Å². The van der Waals surface area contributed by atoms with Crippen molar-refractivity contribution in [1.29, 1.82) is 0 Å². The van der Waals surface area contributed by atoms with E-state index in [1.165, 1.54) is 12.2 Å². The molecule has 0 aromatic heterocycles. The second-order valence-corrected chi connectivity index (χ2v) is 5.02. The van der Waals surface area contributed by atoms with Crippen LogP contribution in [0.4, 0.5) is 11.4 Å². The van der Waals surface area contributed by atoms with Crippen LogP contribution in [0.5, 0.6) is 0 Å². The van der Waals surface area contributed by atoms with Gasteiger partial charge in [0.1, 0.15) is 0 Å². The number of ether oxygens (including phenoxy) is 1. The molecule has 0 saturated carbocycles. The fourth-order valence-corrected chi connectivity index (χ4v) is 2.02. The number of carbonyl (C=O) groups excluding carboxylic acids is 3. The van der Waals surface area contributed by atoms with Gasteiger partial charge >= 0.3 is 5.97 Å². The third kappa shape index (κ3) is 5.62. The summed E-state index contributed by atoms with van der Waals surface area (Å²) >= 11 is 0. The molecule has 0 heterocycles. The lowest BCUT2D eigenvalue weighted by molar-refractivity contribution is -0.142. The topological polar surface area (TPSA) is 84.5 Å². The van der Waals surface area contributed by atoms with Gasteiger partial charge in [-0.1, -0.05) is 36.4 Å². The molecule has 2 aromatic rings. The first kappa shape index (κ1) is 17.9. The third-order valence-electron chi connectivity index (χ3n) is 3.13. The van der Waals surface area contributed by atoms with Gasteiger partial charge in [0.2, 0.25) is 0 Å². The van der Waals surface area contributed by atoms with Gasteiger partial charge in [0.25, 0.3) is 11.8 Å². The van der Waals surface area contributed by atoms with E-state index in [0.29, 0.717) is 16.9 Å². The SMILES string of the molecule is C/C=C/C(=O)OCC(=O)Nc1ccccc1C(=O)Nc1ccccc1. The van der Waals surface area contributed by atoms with Gasteiger partial charge in [-0.15, -0.1) is 0 Å². The largest absolute Gasteiger partial charge is 0.452 e. The van der Waals surface area contributed by atoms with Crippen LogP contribution in [0.1, 0.15) is 17.3 Å². The first-order chi connectivity index (χ1) is 12.1. The van der Waals surface area contributed by atoms with Crippen molar-refractivity contribution in [2.45, 2.75) is 6.92 Å². The summed E-state index contributed by atoms with van der Waals surface area (Å²) in [7, 11) is 0. The van der Waals surface area contributed by atoms with E-state index in [1.54, 1.807) is 43.3 Å². The molecule has 0 unspecified atom stereocenters. The van der Waals surface area contributed by atoms with Crippen molar-refractivity contribution in [2.75, 3.05) is 17.2 Å². The second kappa shape index (κ2) is 9.02. The number of nitrogens with one attached hydrogen (secondary N) is 2. The van der Waals surface area contributed by atoms with Crippen LogP contribution in [0.2, 0.25) is 0 Å². The maximum Gasteiger partial charge on any atom is 0.330 e. The Bertz CT molecular complexity index is 785. The van der Waals surface area contributed by atoms with Gasteiger partial charge in [-0.25, -0.2) is 4.79 Å². The third-order valence-corrected chi connectivity index (χ3v) is 3.13. The lowest BCUT2D eigenvalue weighted by Gasteiger charge is -2.11. The molecule has 0 fully saturated rings. The van der Waals surface area contributed by atoms with Crippen LogP contribution in [0.25, 0.3) is 0 Å². The number of carbonyl (C=O) groups is 3. The maximum absolute atomic E-state index is 12.4. The van der Waals surface area contributed by atoms with Crippen LogP contribution < -0.4 is 10.6 Å². The minimum atomic E-state index is -0.604. The number of benzene rings is 2. The molecule has 0 spiro atoms. The molecular formula is C19H18N2O4. The van der Waals surface area contributed by atoms with Gasteiger partial charge in [-0.2, -0.15) is 0 Å². The highest BCUT2D eigenvalue weighted by atomic mass is 16.5. The molecule has 0 aliphatic heterocycles. The Hall–Kier alpha value is -3.41. The predicted molar refractivity (Wildman–Crippen MR) is 95.2 cm³/mol. The molecule has 0 radical (unpaired) electrons. The Balaban J connectivity index is 2.03. The summed E-state index contributed by atoms with van der Waals surface area (Å²) in [5.74, 6) is -1.49. The molecule has 6 heteroatoms. The van der Waals surface area contributed by atoms with Crippen molar-refractivity contribution >= 4 is 29.2 Å². The quantitative estimate of drug-likeness (QED) is 0.626. The Morgan fingerprint density at radius 2 is 1.64 bits per heavy atom. The molecule has 25 heavy (non-hydrogen) atoms. The molecule has 128 valence electrons. The van der Waals surface area contributed by atoms with Crippen LogP contribution >= 0.6 is 0 Å². The number of amides is 2. The minimum Gasteiger partial charge on any atom is -0.452 e. The van der Waals surface area contributed by atoms with Gasteiger partial charge < -0.3 is 15.4 Å². The zero-order valence-corrected chi connectivity index (χ0v) is 13.7. The normalized spacial score (nSPS) is 10.3. The van der Waals surface area contributed by atoms with Crippen LogP contribution in [-0.2, 0) is 14.3 Å². The van der Waals surface area contributed by atoms with Crippen molar-refractivity contribution in [1.82, 2.24) is 0 Å². The second-order valence-electron chi connectivity index (χ2n) is 5.02. The minimum absolute atomic E-state index is 0.305. The summed E-state index contributed by atoms with van der Waals surface area (Å²) in [6, 6.07) is 15.6. The zero-order valence-electron chi connectivity index (χ0n) is 13.7. The molecular weight excluding hydrogens is 320 g/mol. The Morgan fingerprint density at radius 1 is 0.960 bits per heavy atom. The first-order valence-electron chi connectivity index (χ1n) is 7.65. The Morgan fingerprint density at radius 3 is 2.36 bits per heavy atom. The maximum atomic E-state index is 12.4. The molecule has 0 aliphatic rings. The summed E-state index contributed by atoms with van der Waals surface area (Å²) in [5.41, 5.74) is 1.29. The van der Waals surface area contributed by atoms with Gasteiger partial charge in [0.15, 0.2) is 6.61 Å². The van der Waals surface area contributed by atoms with Crippen molar-refractivity contribution in [3.05, 3.63) is 72.3 Å². The zero-order chi connectivity index (χ0) is 18.1. The summed E-state index contributed by atoms with van der Waals surface area (Å²) in [5, 5.41) is 5.33. The number of rotatable bonds is 6. The van der Waals surface area contributed by atoms with Crippen LogP contribution in [0.3, 0.4) is 0 Å². The summed E-state index contributed by atoms with van der Waals surface area (Å²) in [6.07, 6.45) is 2.73. The van der Waals surface area contributed by atoms with Crippen LogP contribution in [-0.4, -0.2) is 24.4 Å². The molecule has 6 nitrogen and oxygen atoms in total. The summed E-state index contributed by atoms with van der Waals surface area (Å²) < 4.78 is 4.77. The van der Waals surface area contributed by atoms with Gasteiger partial charge in [0.05, 0.1) is 11.3 Å². The predicted octanol–water partition coefficient (Wildman–Crippen LogP) is 3.00. The number of esters is 1. The molecule has 0 bridgehead atoms. The lowest BCUT2D eigenvalue weighted by Crippen LogP contribution is -2.22. The van der Waals surface area contributed by atoms with E-state index in [2.05, 4.69) is 10.6 Å². The number of anilines is 2. The smallest absolute Gasteiger partial charge is 0.330 e. The van der Waals surface area contributed by atoms with E-state index in [0.717, 1.165) is 0 Å². The van der Waals surface area contributed by atoms with Gasteiger partial charge in [-0.05, 0) is 31.2 Å². The Kier molecular flexibility index (Phi) is 6.47. The van der Waals surface area contributed by atoms with E-state index >= 15 is 0 Å². The van der Waals surface area contributed by atoms with E-state index in [4.69, 9.17) is 4.74 Å². The van der Waals surface area contributed by atoms with E-state index in [1.807, 2.05) is 18.2 Å². The molecule has 0 saturated heterocycles. The highest BCUT2D eigenvalue weighted by Crippen LogP contribution is 2.17. The van der Waals surface area contributed by atoms with Crippen molar-refractivity contribution in [2.24, 2.45) is 0 Å². The van der Waals surface area contributed by atoms with Crippen LogP contribution in [0, 0.1) is 0 Å². The molecule has 0 atom stereocenters. The fraction of sp³-hybridized carbons (Fsp3) is 0.105. The van der Waals surface area contributed by atoms with Crippen molar-refractivity contribution in [3.63, 3.8) is 0 Å². The van der Waals surface area contributed by atoms with E-state index in [-0.39, 0.29) is 5.91 Å². The summed E-state index contributed by atoms with van der Waals surface area (Å²) in [6.45, 7) is 1.24. The lowest BCUT2D eigenvalue weighted by atomic mass is 10.1. The fourth-order valence-electron chi connectivity index (χ4n) is 2.02. The molecule has 2 N–H and O–H groups in total. The number of para-hydroxylation sites is 2. The standard InChI is InChI=1S/C19H18N2O4/c1-2-8-18(23)25-13-17(22)21-16-12-7-6-11-15(16)19(24)20-14-9-4-3-5-10-14/h2-12H,13H2,1H3,(H,20,24)(H,21,22)/b8-2+. The first-order valence-corrected chi connectivity index (χ1v) is 7.65. The highest BCUT2D eigenvalue weighted by Gasteiger charge is 2.14. The highest BCUT2D eigenvalue weighted by molar-refractivity contribution is 6.10. The molecule has 2 aromatic carbocycles.